The van der Waals surface area contributed by atoms with Gasteiger partial charge in [-0.15, -0.1) is 0 Å². The van der Waals surface area contributed by atoms with Crippen LogP contribution < -0.4 is 5.32 Å². The van der Waals surface area contributed by atoms with Gasteiger partial charge in [-0.1, -0.05) is 43.0 Å². The van der Waals surface area contributed by atoms with E-state index in [9.17, 15) is 9.59 Å². The second kappa shape index (κ2) is 8.18. The number of benzene rings is 1. The summed E-state index contributed by atoms with van der Waals surface area (Å²) in [4.78, 5) is 24.0. The maximum absolute atomic E-state index is 12.4. The second-order valence-electron chi connectivity index (χ2n) is 5.73. The highest BCUT2D eigenvalue weighted by atomic mass is 35.5. The van der Waals surface area contributed by atoms with Crippen molar-refractivity contribution < 1.29 is 14.3 Å². The van der Waals surface area contributed by atoms with Crippen molar-refractivity contribution in [1.82, 2.24) is 5.32 Å². The Kier molecular flexibility index (Phi) is 6.25. The molecule has 0 spiro atoms. The SMILES string of the molecule is COC(=O)CC(NC(=O)C1CCCCC1)c1ccc(Cl)cc1. The fraction of sp³-hybridized carbons (Fsp3) is 0.529. The second-order valence-corrected chi connectivity index (χ2v) is 6.16. The van der Waals surface area contributed by atoms with E-state index in [1.165, 1.54) is 13.5 Å². The standard InChI is InChI=1S/C17H22ClNO3/c1-22-16(20)11-15(12-7-9-14(18)10-8-12)19-17(21)13-5-3-2-4-6-13/h7-10,13,15H,2-6,11H2,1H3,(H,19,21). The van der Waals surface area contributed by atoms with E-state index in [1.54, 1.807) is 12.1 Å². The fourth-order valence-corrected chi connectivity index (χ4v) is 2.98. The Morgan fingerprint density at radius 2 is 1.86 bits per heavy atom. The number of ether oxygens (including phenoxy) is 1. The van der Waals surface area contributed by atoms with E-state index in [0.717, 1.165) is 31.2 Å². The minimum atomic E-state index is -0.376. The van der Waals surface area contributed by atoms with Crippen LogP contribution in [-0.4, -0.2) is 19.0 Å². The predicted octanol–water partition coefficient (Wildman–Crippen LogP) is 3.64. The van der Waals surface area contributed by atoms with Gasteiger partial charge in [0.15, 0.2) is 0 Å². The van der Waals surface area contributed by atoms with Crippen LogP contribution in [0, 0.1) is 5.92 Å². The topological polar surface area (TPSA) is 55.4 Å². The molecule has 1 amide bonds. The highest BCUT2D eigenvalue weighted by Crippen LogP contribution is 2.26. The Bertz CT molecular complexity index is 509. The maximum Gasteiger partial charge on any atom is 0.307 e. The Labute approximate surface area is 136 Å². The molecule has 22 heavy (non-hydrogen) atoms. The molecule has 0 radical (unpaired) electrons. The Morgan fingerprint density at radius 3 is 2.45 bits per heavy atom. The molecule has 0 bridgehead atoms. The number of nitrogens with one attached hydrogen (secondary N) is 1. The van der Waals surface area contributed by atoms with Crippen LogP contribution >= 0.6 is 11.6 Å². The van der Waals surface area contributed by atoms with Crippen LogP contribution in [-0.2, 0) is 14.3 Å². The number of esters is 1. The molecule has 1 atom stereocenters. The third-order valence-corrected chi connectivity index (χ3v) is 4.42. The summed E-state index contributed by atoms with van der Waals surface area (Å²) >= 11 is 5.90. The van der Waals surface area contributed by atoms with E-state index >= 15 is 0 Å². The first-order chi connectivity index (χ1) is 10.6. The van der Waals surface area contributed by atoms with Gasteiger partial charge in [-0.25, -0.2) is 0 Å². The number of carbonyl (C=O) groups excluding carboxylic acids is 2. The van der Waals surface area contributed by atoms with Crippen molar-refractivity contribution in [2.24, 2.45) is 5.92 Å². The third kappa shape index (κ3) is 4.73. The molecule has 1 aliphatic carbocycles. The Balaban J connectivity index is 2.07. The van der Waals surface area contributed by atoms with Crippen LogP contribution in [0.25, 0.3) is 0 Å². The first kappa shape index (κ1) is 16.8. The highest BCUT2D eigenvalue weighted by Gasteiger charge is 2.25. The van der Waals surface area contributed by atoms with Crippen LogP contribution in [0.2, 0.25) is 5.02 Å². The summed E-state index contributed by atoms with van der Waals surface area (Å²) in [5.41, 5.74) is 0.860. The summed E-state index contributed by atoms with van der Waals surface area (Å²) in [5.74, 6) is -0.256. The number of methoxy groups -OCH3 is 1. The highest BCUT2D eigenvalue weighted by molar-refractivity contribution is 6.30. The summed E-state index contributed by atoms with van der Waals surface area (Å²) < 4.78 is 4.74. The lowest BCUT2D eigenvalue weighted by Gasteiger charge is -2.25. The van der Waals surface area contributed by atoms with Crippen molar-refractivity contribution >= 4 is 23.5 Å². The molecule has 1 aromatic carbocycles. The van der Waals surface area contributed by atoms with E-state index in [1.807, 2.05) is 12.1 Å². The predicted molar refractivity (Wildman–Crippen MR) is 85.5 cm³/mol. The summed E-state index contributed by atoms with van der Waals surface area (Å²) in [7, 11) is 1.35. The number of halogens is 1. The quantitative estimate of drug-likeness (QED) is 0.842. The molecule has 5 heteroatoms. The number of amides is 1. The molecule has 120 valence electrons. The zero-order valence-electron chi connectivity index (χ0n) is 12.8. The van der Waals surface area contributed by atoms with E-state index < -0.39 is 0 Å². The Morgan fingerprint density at radius 1 is 1.23 bits per heavy atom. The van der Waals surface area contributed by atoms with E-state index in [4.69, 9.17) is 16.3 Å². The van der Waals surface area contributed by atoms with Crippen molar-refractivity contribution in [3.8, 4) is 0 Å². The molecular formula is C17H22ClNO3. The fourth-order valence-electron chi connectivity index (χ4n) is 2.85. The minimum absolute atomic E-state index is 0.0311. The lowest BCUT2D eigenvalue weighted by molar-refractivity contribution is -0.141. The Hall–Kier alpha value is -1.55. The average Bonchev–Trinajstić information content (AvgIpc) is 2.55. The largest absolute Gasteiger partial charge is 0.469 e. The normalized spacial score (nSPS) is 16.8. The molecule has 1 saturated carbocycles. The molecule has 1 N–H and O–H groups in total. The molecule has 0 saturated heterocycles. The van der Waals surface area contributed by atoms with E-state index in [2.05, 4.69) is 5.32 Å². The molecule has 1 aliphatic rings. The van der Waals surface area contributed by atoms with Gasteiger partial charge in [-0.2, -0.15) is 0 Å². The average molecular weight is 324 g/mol. The number of rotatable bonds is 5. The summed E-state index contributed by atoms with van der Waals surface area (Å²) in [5, 5.41) is 3.63. The molecule has 0 aromatic heterocycles. The number of carbonyl (C=O) groups is 2. The van der Waals surface area contributed by atoms with Crippen LogP contribution in [0.3, 0.4) is 0 Å². The van der Waals surface area contributed by atoms with Crippen molar-refractivity contribution in [2.45, 2.75) is 44.6 Å². The van der Waals surface area contributed by atoms with Crippen molar-refractivity contribution in [2.75, 3.05) is 7.11 Å². The summed E-state index contributed by atoms with van der Waals surface area (Å²) in [6.45, 7) is 0. The number of hydrogen-bond acceptors (Lipinski definition) is 3. The third-order valence-electron chi connectivity index (χ3n) is 4.16. The van der Waals surface area contributed by atoms with Gasteiger partial charge in [-0.3, -0.25) is 9.59 Å². The van der Waals surface area contributed by atoms with Gasteiger partial charge in [-0.05, 0) is 30.5 Å². The molecule has 1 aromatic rings. The van der Waals surface area contributed by atoms with Gasteiger partial charge in [0.2, 0.25) is 5.91 Å². The molecular weight excluding hydrogens is 302 g/mol. The van der Waals surface area contributed by atoms with Crippen molar-refractivity contribution in [1.29, 1.82) is 0 Å². The lowest BCUT2D eigenvalue weighted by atomic mass is 9.88. The molecule has 0 heterocycles. The zero-order valence-corrected chi connectivity index (χ0v) is 13.6. The van der Waals surface area contributed by atoms with E-state index in [0.29, 0.717) is 5.02 Å². The molecule has 4 nitrogen and oxygen atoms in total. The first-order valence-corrected chi connectivity index (χ1v) is 8.10. The van der Waals surface area contributed by atoms with Gasteiger partial charge in [0, 0.05) is 10.9 Å². The molecule has 1 fully saturated rings. The minimum Gasteiger partial charge on any atom is -0.469 e. The summed E-state index contributed by atoms with van der Waals surface area (Å²) in [6.07, 6.45) is 5.37. The van der Waals surface area contributed by atoms with Crippen LogP contribution in [0.1, 0.15) is 50.1 Å². The maximum atomic E-state index is 12.4. The first-order valence-electron chi connectivity index (χ1n) is 7.73. The lowest BCUT2D eigenvalue weighted by Crippen LogP contribution is -2.36. The van der Waals surface area contributed by atoms with Crippen LogP contribution in [0.5, 0.6) is 0 Å². The van der Waals surface area contributed by atoms with Crippen molar-refractivity contribution in [3.05, 3.63) is 34.9 Å². The van der Waals surface area contributed by atoms with Crippen LogP contribution in [0.15, 0.2) is 24.3 Å². The monoisotopic (exact) mass is 323 g/mol. The smallest absolute Gasteiger partial charge is 0.307 e. The van der Waals surface area contributed by atoms with Gasteiger partial charge in [0.05, 0.1) is 19.6 Å². The van der Waals surface area contributed by atoms with Gasteiger partial charge in [0.1, 0.15) is 0 Å². The zero-order chi connectivity index (χ0) is 15.9. The molecule has 0 aliphatic heterocycles. The van der Waals surface area contributed by atoms with Gasteiger partial charge >= 0.3 is 5.97 Å². The van der Waals surface area contributed by atoms with Crippen LogP contribution in [0.4, 0.5) is 0 Å². The van der Waals surface area contributed by atoms with Gasteiger partial charge < -0.3 is 10.1 Å². The number of hydrogen-bond donors (Lipinski definition) is 1. The van der Waals surface area contributed by atoms with Crippen molar-refractivity contribution in [3.63, 3.8) is 0 Å². The van der Waals surface area contributed by atoms with E-state index in [-0.39, 0.29) is 30.3 Å². The molecule has 1 unspecified atom stereocenters. The molecule has 2 rings (SSSR count). The van der Waals surface area contributed by atoms with Gasteiger partial charge in [0.25, 0.3) is 0 Å². The summed E-state index contributed by atoms with van der Waals surface area (Å²) in [6, 6.07) is 6.80.